The summed E-state index contributed by atoms with van der Waals surface area (Å²) in [6.07, 6.45) is 2.25. The van der Waals surface area contributed by atoms with E-state index in [0.717, 1.165) is 47.5 Å². The fourth-order valence-corrected chi connectivity index (χ4v) is 4.16. The summed E-state index contributed by atoms with van der Waals surface area (Å²) in [6.45, 7) is 2.75. The number of ether oxygens (including phenoxy) is 2. The van der Waals surface area contributed by atoms with E-state index >= 15 is 0 Å². The van der Waals surface area contributed by atoms with Gasteiger partial charge in [0.1, 0.15) is 17.0 Å². The molecule has 4 rings (SSSR count). The Hall–Kier alpha value is -3.09. The predicted molar refractivity (Wildman–Crippen MR) is 110 cm³/mol. The molecule has 0 N–H and O–H groups in total. The second-order valence-corrected chi connectivity index (χ2v) is 7.43. The molecule has 1 aliphatic rings. The van der Waals surface area contributed by atoms with Gasteiger partial charge in [0.15, 0.2) is 0 Å². The Kier molecular flexibility index (Phi) is 5.38. The van der Waals surface area contributed by atoms with Gasteiger partial charge in [0, 0.05) is 18.5 Å². The third kappa shape index (κ3) is 3.64. The SMILES string of the molecule is COc1ccc(OC)c([C@@H]2CCCN2C(=O)C[C@H](C)n2nnc3ccccc32)c1. The molecule has 1 aromatic heterocycles. The van der Waals surface area contributed by atoms with Crippen molar-refractivity contribution in [1.82, 2.24) is 19.9 Å². The van der Waals surface area contributed by atoms with Crippen LogP contribution in [0.2, 0.25) is 0 Å². The van der Waals surface area contributed by atoms with E-state index in [4.69, 9.17) is 9.47 Å². The maximum Gasteiger partial charge on any atom is 0.225 e. The van der Waals surface area contributed by atoms with Crippen molar-refractivity contribution in [3.05, 3.63) is 48.0 Å². The number of carbonyl (C=O) groups excluding carboxylic acids is 1. The fraction of sp³-hybridized carbons (Fsp3) is 0.409. The van der Waals surface area contributed by atoms with E-state index in [0.29, 0.717) is 6.42 Å². The number of rotatable bonds is 6. The van der Waals surface area contributed by atoms with Crippen LogP contribution in [0, 0.1) is 0 Å². The van der Waals surface area contributed by atoms with Crippen molar-refractivity contribution in [1.29, 1.82) is 0 Å². The van der Waals surface area contributed by atoms with E-state index in [1.165, 1.54) is 0 Å². The lowest BCUT2D eigenvalue weighted by Crippen LogP contribution is -2.32. The number of fused-ring (bicyclic) bond motifs is 1. The quantitative estimate of drug-likeness (QED) is 0.637. The normalized spacial score (nSPS) is 17.5. The summed E-state index contributed by atoms with van der Waals surface area (Å²) in [7, 11) is 3.30. The molecule has 1 saturated heterocycles. The zero-order valence-electron chi connectivity index (χ0n) is 17.0. The molecule has 7 nitrogen and oxygen atoms in total. The number of hydrogen-bond donors (Lipinski definition) is 0. The zero-order valence-corrected chi connectivity index (χ0v) is 17.0. The Morgan fingerprint density at radius 2 is 2.03 bits per heavy atom. The molecular formula is C22H26N4O3. The molecule has 1 aliphatic heterocycles. The standard InChI is InChI=1S/C22H26N4O3/c1-15(26-20-8-5-4-7-18(20)23-24-26)13-22(27)25-12-6-9-19(25)17-14-16(28-2)10-11-21(17)29-3/h4-5,7-8,10-11,14-15,19H,6,9,12-13H2,1-3H3/t15-,19-/m0/s1. The Morgan fingerprint density at radius 3 is 2.83 bits per heavy atom. The molecule has 0 radical (unpaired) electrons. The Bertz CT molecular complexity index is 1020. The van der Waals surface area contributed by atoms with Gasteiger partial charge in [0.25, 0.3) is 0 Å². The van der Waals surface area contributed by atoms with E-state index in [9.17, 15) is 4.79 Å². The van der Waals surface area contributed by atoms with E-state index < -0.39 is 0 Å². The molecule has 0 aliphatic carbocycles. The molecule has 29 heavy (non-hydrogen) atoms. The summed E-state index contributed by atoms with van der Waals surface area (Å²) in [4.78, 5) is 15.2. The van der Waals surface area contributed by atoms with Gasteiger partial charge in [-0.1, -0.05) is 17.3 Å². The van der Waals surface area contributed by atoms with Gasteiger partial charge in [0.05, 0.1) is 31.8 Å². The average Bonchev–Trinajstić information content (AvgIpc) is 3.40. The molecule has 1 amide bonds. The third-order valence-corrected chi connectivity index (χ3v) is 5.63. The first-order valence-corrected chi connectivity index (χ1v) is 9.93. The summed E-state index contributed by atoms with van der Waals surface area (Å²) in [5, 5.41) is 8.47. The highest BCUT2D eigenvalue weighted by Crippen LogP contribution is 2.39. The number of nitrogens with zero attached hydrogens (tertiary/aromatic N) is 4. The van der Waals surface area contributed by atoms with Crippen LogP contribution in [0.1, 0.15) is 43.8 Å². The third-order valence-electron chi connectivity index (χ3n) is 5.63. The molecule has 152 valence electrons. The van der Waals surface area contributed by atoms with E-state index in [1.54, 1.807) is 14.2 Å². The second kappa shape index (κ2) is 8.11. The number of aromatic nitrogens is 3. The lowest BCUT2D eigenvalue weighted by atomic mass is 10.0. The summed E-state index contributed by atoms with van der Waals surface area (Å²) in [5.41, 5.74) is 2.78. The minimum Gasteiger partial charge on any atom is -0.497 e. The van der Waals surface area contributed by atoms with Crippen LogP contribution in [0.25, 0.3) is 11.0 Å². The maximum atomic E-state index is 13.2. The maximum absolute atomic E-state index is 13.2. The monoisotopic (exact) mass is 394 g/mol. The van der Waals surface area contributed by atoms with Crippen LogP contribution < -0.4 is 9.47 Å². The predicted octanol–water partition coefficient (Wildman–Crippen LogP) is 3.76. The lowest BCUT2D eigenvalue weighted by Gasteiger charge is -2.28. The largest absolute Gasteiger partial charge is 0.497 e. The lowest BCUT2D eigenvalue weighted by molar-refractivity contribution is -0.132. The van der Waals surface area contributed by atoms with Gasteiger partial charge < -0.3 is 14.4 Å². The first kappa shape index (κ1) is 19.2. The molecule has 2 aromatic carbocycles. The molecular weight excluding hydrogens is 368 g/mol. The van der Waals surface area contributed by atoms with Crippen molar-refractivity contribution in [2.45, 2.75) is 38.3 Å². The van der Waals surface area contributed by atoms with Gasteiger partial charge >= 0.3 is 0 Å². The van der Waals surface area contributed by atoms with Crippen LogP contribution >= 0.6 is 0 Å². The first-order valence-electron chi connectivity index (χ1n) is 9.93. The van der Waals surface area contributed by atoms with Crippen molar-refractivity contribution in [3.8, 4) is 11.5 Å². The number of likely N-dealkylation sites (tertiary alicyclic amines) is 1. The molecule has 0 bridgehead atoms. The minimum atomic E-state index is -0.0802. The molecule has 0 saturated carbocycles. The van der Waals surface area contributed by atoms with Gasteiger partial charge in [-0.2, -0.15) is 0 Å². The van der Waals surface area contributed by atoms with Gasteiger partial charge in [-0.05, 0) is 50.1 Å². The Morgan fingerprint density at radius 1 is 1.21 bits per heavy atom. The highest BCUT2D eigenvalue weighted by Gasteiger charge is 2.33. The van der Waals surface area contributed by atoms with Crippen LogP contribution in [0.3, 0.4) is 0 Å². The summed E-state index contributed by atoms with van der Waals surface area (Å²) >= 11 is 0. The second-order valence-electron chi connectivity index (χ2n) is 7.43. The van der Waals surface area contributed by atoms with Crippen LogP contribution in [0.4, 0.5) is 0 Å². The number of amides is 1. The molecule has 7 heteroatoms. The Labute approximate surface area is 170 Å². The smallest absolute Gasteiger partial charge is 0.225 e. The topological polar surface area (TPSA) is 69.5 Å². The van der Waals surface area contributed by atoms with E-state index in [-0.39, 0.29) is 18.0 Å². The van der Waals surface area contributed by atoms with Crippen LogP contribution in [0.15, 0.2) is 42.5 Å². The molecule has 3 aromatic rings. The highest BCUT2D eigenvalue weighted by atomic mass is 16.5. The average molecular weight is 394 g/mol. The van der Waals surface area contributed by atoms with Gasteiger partial charge in [-0.25, -0.2) is 4.68 Å². The molecule has 0 spiro atoms. The highest BCUT2D eigenvalue weighted by molar-refractivity contribution is 5.78. The number of carbonyl (C=O) groups is 1. The van der Waals surface area contributed by atoms with E-state index in [1.807, 2.05) is 59.0 Å². The van der Waals surface area contributed by atoms with Gasteiger partial charge in [-0.15, -0.1) is 5.10 Å². The molecule has 0 unspecified atom stereocenters. The number of methoxy groups -OCH3 is 2. The van der Waals surface area contributed by atoms with Crippen molar-refractivity contribution < 1.29 is 14.3 Å². The number of hydrogen-bond acceptors (Lipinski definition) is 5. The Balaban J connectivity index is 1.55. The van der Waals surface area contributed by atoms with Crippen molar-refractivity contribution in [3.63, 3.8) is 0 Å². The van der Waals surface area contributed by atoms with Crippen molar-refractivity contribution in [2.24, 2.45) is 0 Å². The van der Waals surface area contributed by atoms with Gasteiger partial charge in [-0.3, -0.25) is 4.79 Å². The van der Waals surface area contributed by atoms with Crippen molar-refractivity contribution in [2.75, 3.05) is 20.8 Å². The summed E-state index contributed by atoms with van der Waals surface area (Å²) < 4.78 is 12.8. The molecule has 2 heterocycles. The van der Waals surface area contributed by atoms with Gasteiger partial charge in [0.2, 0.25) is 5.91 Å². The fourth-order valence-electron chi connectivity index (χ4n) is 4.16. The summed E-state index contributed by atoms with van der Waals surface area (Å²) in [5.74, 6) is 1.66. The molecule has 1 fully saturated rings. The minimum absolute atomic E-state index is 0.00718. The number of benzene rings is 2. The van der Waals surface area contributed by atoms with Crippen LogP contribution in [-0.2, 0) is 4.79 Å². The van der Waals surface area contributed by atoms with Crippen molar-refractivity contribution >= 4 is 16.9 Å². The van der Waals surface area contributed by atoms with Crippen LogP contribution in [-0.4, -0.2) is 46.6 Å². The number of para-hydroxylation sites is 1. The molecule has 2 atom stereocenters. The summed E-state index contributed by atoms with van der Waals surface area (Å²) in [6, 6.07) is 13.5. The first-order chi connectivity index (χ1) is 14.1. The zero-order chi connectivity index (χ0) is 20.4. The van der Waals surface area contributed by atoms with Crippen LogP contribution in [0.5, 0.6) is 11.5 Å². The van der Waals surface area contributed by atoms with E-state index in [2.05, 4.69) is 10.3 Å².